The zero-order chi connectivity index (χ0) is 12.4. The zero-order valence-corrected chi connectivity index (χ0v) is 11.8. The third-order valence-corrected chi connectivity index (χ3v) is 4.36. The minimum Gasteiger partial charge on any atom is -0.369 e. The SMILES string of the molecule is CC1(C)CC1n1c(N)nc2cc(I)c(F)cc21. The molecule has 90 valence electrons. The summed E-state index contributed by atoms with van der Waals surface area (Å²) in [6, 6.07) is 3.62. The van der Waals surface area contributed by atoms with E-state index in [-0.39, 0.29) is 11.2 Å². The maximum atomic E-state index is 13.6. The average molecular weight is 345 g/mol. The van der Waals surface area contributed by atoms with Crippen LogP contribution in [0.15, 0.2) is 12.1 Å². The molecule has 1 saturated carbocycles. The summed E-state index contributed by atoms with van der Waals surface area (Å²) in [6.07, 6.45) is 1.07. The molecular weight excluding hydrogens is 332 g/mol. The maximum absolute atomic E-state index is 13.6. The van der Waals surface area contributed by atoms with E-state index < -0.39 is 0 Å². The standard InChI is InChI=1S/C12H13FIN3/c1-12(2)5-10(12)17-9-3-6(13)7(14)4-8(9)16-11(17)15/h3-4,10H,5H2,1-2H3,(H2,15,16). The van der Waals surface area contributed by atoms with Crippen LogP contribution in [-0.2, 0) is 0 Å². The number of hydrogen-bond donors (Lipinski definition) is 1. The summed E-state index contributed by atoms with van der Waals surface area (Å²) < 4.78 is 16.2. The Morgan fingerprint density at radius 1 is 1.53 bits per heavy atom. The number of rotatable bonds is 1. The van der Waals surface area contributed by atoms with Crippen LogP contribution in [0.3, 0.4) is 0 Å². The van der Waals surface area contributed by atoms with Gasteiger partial charge in [-0.1, -0.05) is 13.8 Å². The summed E-state index contributed by atoms with van der Waals surface area (Å²) in [5.74, 6) is 0.273. The van der Waals surface area contributed by atoms with E-state index in [1.807, 2.05) is 27.2 Å². The minimum atomic E-state index is -0.210. The predicted octanol–water partition coefficient (Wildman–Crippen LogP) is 3.33. The first kappa shape index (κ1) is 11.3. The number of hydrogen-bond acceptors (Lipinski definition) is 2. The Bertz CT molecular complexity index is 618. The van der Waals surface area contributed by atoms with Gasteiger partial charge in [-0.3, -0.25) is 0 Å². The first-order chi connectivity index (χ1) is 7.90. The lowest BCUT2D eigenvalue weighted by atomic mass is 10.2. The van der Waals surface area contributed by atoms with Gasteiger partial charge in [-0.25, -0.2) is 9.37 Å². The molecule has 0 spiro atoms. The Morgan fingerprint density at radius 2 is 2.18 bits per heavy atom. The van der Waals surface area contributed by atoms with Crippen molar-refractivity contribution in [3.05, 3.63) is 21.5 Å². The topological polar surface area (TPSA) is 43.8 Å². The second-order valence-corrected chi connectivity index (χ2v) is 6.47. The van der Waals surface area contributed by atoms with Crippen molar-refractivity contribution in [1.82, 2.24) is 9.55 Å². The van der Waals surface area contributed by atoms with E-state index in [9.17, 15) is 4.39 Å². The third-order valence-electron chi connectivity index (χ3n) is 3.53. The highest BCUT2D eigenvalue weighted by Gasteiger charge is 2.48. The van der Waals surface area contributed by atoms with Crippen molar-refractivity contribution < 1.29 is 4.39 Å². The monoisotopic (exact) mass is 345 g/mol. The molecule has 0 bridgehead atoms. The third kappa shape index (κ3) is 1.63. The molecular formula is C12H13FIN3. The lowest BCUT2D eigenvalue weighted by molar-refractivity contribution is 0.552. The van der Waals surface area contributed by atoms with Crippen molar-refractivity contribution in [1.29, 1.82) is 0 Å². The lowest BCUT2D eigenvalue weighted by Gasteiger charge is -2.08. The van der Waals surface area contributed by atoms with Crippen LogP contribution in [0.25, 0.3) is 11.0 Å². The number of aromatic nitrogens is 2. The predicted molar refractivity (Wildman–Crippen MR) is 74.3 cm³/mol. The van der Waals surface area contributed by atoms with Gasteiger partial charge in [-0.15, -0.1) is 0 Å². The van der Waals surface area contributed by atoms with E-state index in [0.29, 0.717) is 15.6 Å². The van der Waals surface area contributed by atoms with E-state index >= 15 is 0 Å². The van der Waals surface area contributed by atoms with Gasteiger partial charge in [0.05, 0.1) is 14.6 Å². The quantitative estimate of drug-likeness (QED) is 0.806. The smallest absolute Gasteiger partial charge is 0.201 e. The van der Waals surface area contributed by atoms with Gasteiger partial charge in [-0.2, -0.15) is 0 Å². The molecule has 17 heavy (non-hydrogen) atoms. The fourth-order valence-corrected chi connectivity index (χ4v) is 2.77. The molecule has 1 heterocycles. The molecule has 5 heteroatoms. The number of nitrogens with two attached hydrogens (primary N) is 1. The number of halogens is 2. The first-order valence-electron chi connectivity index (χ1n) is 5.52. The van der Waals surface area contributed by atoms with Crippen molar-refractivity contribution in [2.45, 2.75) is 26.3 Å². The Hall–Kier alpha value is -0.850. The fraction of sp³-hybridized carbons (Fsp3) is 0.417. The van der Waals surface area contributed by atoms with Crippen LogP contribution >= 0.6 is 22.6 Å². The summed E-state index contributed by atoms with van der Waals surface area (Å²) in [5, 5.41) is 0. The molecule has 3 nitrogen and oxygen atoms in total. The van der Waals surface area contributed by atoms with Crippen molar-refractivity contribution in [3.63, 3.8) is 0 Å². The number of nitrogens with zero attached hydrogens (tertiary/aromatic N) is 2. The van der Waals surface area contributed by atoms with E-state index in [2.05, 4.69) is 18.8 Å². The molecule has 1 aromatic carbocycles. The Morgan fingerprint density at radius 3 is 2.76 bits per heavy atom. The van der Waals surface area contributed by atoms with E-state index in [4.69, 9.17) is 5.73 Å². The molecule has 1 aliphatic carbocycles. The number of imidazole rings is 1. The first-order valence-corrected chi connectivity index (χ1v) is 6.60. The van der Waals surface area contributed by atoms with Gasteiger partial charge in [0.1, 0.15) is 5.82 Å². The molecule has 2 aromatic rings. The molecule has 0 radical (unpaired) electrons. The van der Waals surface area contributed by atoms with Gasteiger partial charge in [0.2, 0.25) is 5.95 Å². The normalized spacial score (nSPS) is 22.0. The highest BCUT2D eigenvalue weighted by molar-refractivity contribution is 14.1. The molecule has 1 aliphatic rings. The Kier molecular flexibility index (Phi) is 2.21. The molecule has 1 unspecified atom stereocenters. The number of fused-ring (bicyclic) bond motifs is 1. The Balaban J connectivity index is 2.24. The lowest BCUT2D eigenvalue weighted by Crippen LogP contribution is -2.05. The number of benzene rings is 1. The molecule has 1 fully saturated rings. The van der Waals surface area contributed by atoms with Gasteiger partial charge in [0.25, 0.3) is 0 Å². The molecule has 0 amide bonds. The van der Waals surface area contributed by atoms with E-state index in [1.165, 1.54) is 6.07 Å². The van der Waals surface area contributed by atoms with Gasteiger partial charge in [0, 0.05) is 12.1 Å². The van der Waals surface area contributed by atoms with Gasteiger partial charge < -0.3 is 10.3 Å². The van der Waals surface area contributed by atoms with E-state index in [0.717, 1.165) is 17.5 Å². The second kappa shape index (κ2) is 3.34. The molecule has 1 atom stereocenters. The molecule has 0 aliphatic heterocycles. The van der Waals surface area contributed by atoms with Crippen LogP contribution in [0.5, 0.6) is 0 Å². The van der Waals surface area contributed by atoms with Gasteiger partial charge in [0.15, 0.2) is 0 Å². The minimum absolute atomic E-state index is 0.210. The summed E-state index contributed by atoms with van der Waals surface area (Å²) in [5.41, 5.74) is 7.76. The van der Waals surface area contributed by atoms with Crippen LogP contribution in [0.2, 0.25) is 0 Å². The van der Waals surface area contributed by atoms with Gasteiger partial charge >= 0.3 is 0 Å². The summed E-state index contributed by atoms with van der Waals surface area (Å²) in [4.78, 5) is 4.31. The fourth-order valence-electron chi connectivity index (χ4n) is 2.32. The summed E-state index contributed by atoms with van der Waals surface area (Å²) in [6.45, 7) is 4.37. The van der Waals surface area contributed by atoms with Crippen LogP contribution in [0.1, 0.15) is 26.3 Å². The summed E-state index contributed by atoms with van der Waals surface area (Å²) >= 11 is 1.97. The van der Waals surface area contributed by atoms with Crippen LogP contribution in [0, 0.1) is 14.8 Å². The highest BCUT2D eigenvalue weighted by atomic mass is 127. The molecule has 0 saturated heterocycles. The second-order valence-electron chi connectivity index (χ2n) is 5.30. The largest absolute Gasteiger partial charge is 0.369 e. The van der Waals surface area contributed by atoms with Crippen LogP contribution in [0.4, 0.5) is 10.3 Å². The van der Waals surface area contributed by atoms with Crippen molar-refractivity contribution in [3.8, 4) is 0 Å². The van der Waals surface area contributed by atoms with Crippen LogP contribution < -0.4 is 5.73 Å². The van der Waals surface area contributed by atoms with Crippen molar-refractivity contribution >= 4 is 39.6 Å². The molecule has 1 aromatic heterocycles. The van der Waals surface area contributed by atoms with Crippen LogP contribution in [-0.4, -0.2) is 9.55 Å². The summed E-state index contributed by atoms with van der Waals surface area (Å²) in [7, 11) is 0. The highest BCUT2D eigenvalue weighted by Crippen LogP contribution is 2.57. The van der Waals surface area contributed by atoms with Gasteiger partial charge in [-0.05, 0) is 40.5 Å². The van der Waals surface area contributed by atoms with Crippen molar-refractivity contribution in [2.24, 2.45) is 5.41 Å². The van der Waals surface area contributed by atoms with Crippen molar-refractivity contribution in [2.75, 3.05) is 5.73 Å². The van der Waals surface area contributed by atoms with E-state index in [1.54, 1.807) is 6.07 Å². The number of nitrogen functional groups attached to an aromatic ring is 1. The average Bonchev–Trinajstić information content (AvgIpc) is 2.70. The molecule has 2 N–H and O–H groups in total. The number of anilines is 1. The zero-order valence-electron chi connectivity index (χ0n) is 9.67. The molecule has 3 rings (SSSR count). The Labute approximate surface area is 112 Å². The maximum Gasteiger partial charge on any atom is 0.201 e.